The Morgan fingerprint density at radius 2 is 1.73 bits per heavy atom. The van der Waals surface area contributed by atoms with Gasteiger partial charge in [-0.1, -0.05) is 44.5 Å². The summed E-state index contributed by atoms with van der Waals surface area (Å²) in [5.74, 6) is 0.617. The van der Waals surface area contributed by atoms with Gasteiger partial charge in [0.25, 0.3) is 5.91 Å². The van der Waals surface area contributed by atoms with E-state index in [1.54, 1.807) is 25.1 Å². The Hall–Kier alpha value is -2.53. The molecule has 0 aliphatic rings. The second-order valence-corrected chi connectivity index (χ2v) is 6.56. The summed E-state index contributed by atoms with van der Waals surface area (Å²) >= 11 is 6.11. The van der Waals surface area contributed by atoms with Crippen molar-refractivity contribution in [2.45, 2.75) is 33.1 Å². The lowest BCUT2D eigenvalue weighted by molar-refractivity contribution is -0.118. The van der Waals surface area contributed by atoms with Crippen molar-refractivity contribution < 1.29 is 14.3 Å². The Balaban J connectivity index is 1.94. The van der Waals surface area contributed by atoms with E-state index in [4.69, 9.17) is 16.3 Å². The van der Waals surface area contributed by atoms with Crippen LogP contribution in [0.25, 0.3) is 0 Å². The Kier molecular flexibility index (Phi) is 7.04. The number of hydrogen-bond donors (Lipinski definition) is 2. The number of benzene rings is 2. The fraction of sp³-hybridized carbons (Fsp3) is 0.300. The number of anilines is 2. The summed E-state index contributed by atoms with van der Waals surface area (Å²) in [6.07, 6.45) is 0.369. The van der Waals surface area contributed by atoms with Gasteiger partial charge in [-0.2, -0.15) is 0 Å². The van der Waals surface area contributed by atoms with Crippen molar-refractivity contribution in [1.82, 2.24) is 0 Å². The molecule has 0 aromatic heterocycles. The highest BCUT2D eigenvalue weighted by Crippen LogP contribution is 2.26. The SMILES string of the molecule is CCC(=O)Nc1ccc(Cl)c(NC(=O)COc2ccc(C(C)C)cc2)c1. The molecule has 2 aromatic carbocycles. The van der Waals surface area contributed by atoms with E-state index in [2.05, 4.69) is 24.5 Å². The average molecular weight is 375 g/mol. The maximum atomic E-state index is 12.1. The number of carbonyl (C=O) groups excluding carboxylic acids is 2. The highest BCUT2D eigenvalue weighted by molar-refractivity contribution is 6.33. The summed E-state index contributed by atoms with van der Waals surface area (Å²) in [6.45, 7) is 5.86. The van der Waals surface area contributed by atoms with Gasteiger partial charge in [0.05, 0.1) is 10.7 Å². The third-order valence-corrected chi connectivity index (χ3v) is 4.09. The maximum Gasteiger partial charge on any atom is 0.262 e. The van der Waals surface area contributed by atoms with Gasteiger partial charge in [-0.3, -0.25) is 9.59 Å². The zero-order valence-corrected chi connectivity index (χ0v) is 15.9. The van der Waals surface area contributed by atoms with Crippen LogP contribution in [-0.2, 0) is 9.59 Å². The normalized spacial score (nSPS) is 10.5. The third-order valence-electron chi connectivity index (χ3n) is 3.76. The Morgan fingerprint density at radius 1 is 1.04 bits per heavy atom. The molecule has 0 unspecified atom stereocenters. The zero-order valence-electron chi connectivity index (χ0n) is 15.1. The van der Waals surface area contributed by atoms with E-state index in [1.807, 2.05) is 24.3 Å². The molecular weight excluding hydrogens is 352 g/mol. The molecule has 0 bridgehead atoms. The molecule has 0 aliphatic heterocycles. The van der Waals surface area contributed by atoms with Crippen LogP contribution in [0.5, 0.6) is 5.75 Å². The number of amides is 2. The van der Waals surface area contributed by atoms with Crippen LogP contribution in [0.4, 0.5) is 11.4 Å². The molecule has 0 saturated heterocycles. The van der Waals surface area contributed by atoms with Gasteiger partial charge < -0.3 is 15.4 Å². The molecule has 138 valence electrons. The second-order valence-electron chi connectivity index (χ2n) is 6.16. The summed E-state index contributed by atoms with van der Waals surface area (Å²) in [4.78, 5) is 23.6. The third kappa shape index (κ3) is 5.77. The van der Waals surface area contributed by atoms with Crippen molar-refractivity contribution in [1.29, 1.82) is 0 Å². The van der Waals surface area contributed by atoms with Gasteiger partial charge in [0.1, 0.15) is 5.75 Å². The highest BCUT2D eigenvalue weighted by Gasteiger charge is 2.09. The van der Waals surface area contributed by atoms with Crippen LogP contribution < -0.4 is 15.4 Å². The van der Waals surface area contributed by atoms with E-state index >= 15 is 0 Å². The summed E-state index contributed by atoms with van der Waals surface area (Å²) in [5, 5.41) is 5.80. The van der Waals surface area contributed by atoms with Gasteiger partial charge in [0.15, 0.2) is 6.61 Å². The van der Waals surface area contributed by atoms with Gasteiger partial charge in [0.2, 0.25) is 5.91 Å². The summed E-state index contributed by atoms with van der Waals surface area (Å²) in [5.41, 5.74) is 2.20. The molecule has 5 nitrogen and oxygen atoms in total. The fourth-order valence-electron chi connectivity index (χ4n) is 2.23. The monoisotopic (exact) mass is 374 g/mol. The van der Waals surface area contributed by atoms with Crippen LogP contribution in [0.15, 0.2) is 42.5 Å². The molecule has 0 atom stereocenters. The number of rotatable bonds is 7. The van der Waals surface area contributed by atoms with Crippen LogP contribution in [0, 0.1) is 0 Å². The first kappa shape index (κ1) is 19.8. The molecule has 2 aromatic rings. The molecule has 2 N–H and O–H groups in total. The molecule has 2 amide bonds. The lowest BCUT2D eigenvalue weighted by Gasteiger charge is -2.11. The van der Waals surface area contributed by atoms with Gasteiger partial charge in [-0.25, -0.2) is 0 Å². The number of halogens is 1. The van der Waals surface area contributed by atoms with Gasteiger partial charge in [-0.05, 0) is 41.8 Å². The standard InChI is InChI=1S/C20H23ClN2O3/c1-4-19(24)22-15-7-10-17(21)18(11-15)23-20(25)12-26-16-8-5-14(6-9-16)13(2)3/h5-11,13H,4,12H2,1-3H3,(H,22,24)(H,23,25). The lowest BCUT2D eigenvalue weighted by Crippen LogP contribution is -2.20. The van der Waals surface area contributed by atoms with E-state index < -0.39 is 0 Å². The molecule has 0 heterocycles. The predicted octanol–water partition coefficient (Wildman–Crippen LogP) is 4.83. The molecule has 0 aliphatic carbocycles. The molecule has 0 radical (unpaired) electrons. The van der Waals surface area contributed by atoms with Gasteiger partial charge >= 0.3 is 0 Å². The maximum absolute atomic E-state index is 12.1. The van der Waals surface area contributed by atoms with E-state index in [0.717, 1.165) is 0 Å². The summed E-state index contributed by atoms with van der Waals surface area (Å²) in [6, 6.07) is 12.6. The Morgan fingerprint density at radius 3 is 2.35 bits per heavy atom. The molecular formula is C20H23ClN2O3. The van der Waals surface area contributed by atoms with Crippen molar-refractivity contribution in [3.63, 3.8) is 0 Å². The topological polar surface area (TPSA) is 67.4 Å². The average Bonchev–Trinajstić information content (AvgIpc) is 2.63. The Labute approximate surface area is 158 Å². The zero-order chi connectivity index (χ0) is 19.1. The van der Waals surface area contributed by atoms with Crippen molar-refractivity contribution in [2.75, 3.05) is 17.2 Å². The van der Waals surface area contributed by atoms with Crippen molar-refractivity contribution in [3.05, 3.63) is 53.1 Å². The van der Waals surface area contributed by atoms with Crippen LogP contribution >= 0.6 is 11.6 Å². The Bertz CT molecular complexity index is 773. The van der Waals surface area contributed by atoms with Crippen molar-refractivity contribution >= 4 is 34.8 Å². The number of ether oxygens (including phenoxy) is 1. The van der Waals surface area contributed by atoms with E-state index in [-0.39, 0.29) is 18.4 Å². The van der Waals surface area contributed by atoms with Gasteiger partial charge in [-0.15, -0.1) is 0 Å². The number of nitrogens with one attached hydrogen (secondary N) is 2. The predicted molar refractivity (Wildman–Crippen MR) is 105 cm³/mol. The van der Waals surface area contributed by atoms with E-state index in [9.17, 15) is 9.59 Å². The molecule has 2 rings (SSSR count). The van der Waals surface area contributed by atoms with Crippen molar-refractivity contribution in [3.8, 4) is 5.75 Å². The van der Waals surface area contributed by atoms with E-state index in [1.165, 1.54) is 5.56 Å². The quantitative estimate of drug-likeness (QED) is 0.729. The molecule has 0 spiro atoms. The first-order chi connectivity index (χ1) is 12.4. The first-order valence-corrected chi connectivity index (χ1v) is 8.88. The molecule has 0 saturated carbocycles. The lowest BCUT2D eigenvalue weighted by atomic mass is 10.0. The summed E-state index contributed by atoms with van der Waals surface area (Å²) < 4.78 is 5.50. The number of carbonyl (C=O) groups is 2. The first-order valence-electron chi connectivity index (χ1n) is 8.51. The summed E-state index contributed by atoms with van der Waals surface area (Å²) in [7, 11) is 0. The van der Waals surface area contributed by atoms with Crippen LogP contribution in [-0.4, -0.2) is 18.4 Å². The largest absolute Gasteiger partial charge is 0.484 e. The highest BCUT2D eigenvalue weighted by atomic mass is 35.5. The minimum absolute atomic E-state index is 0.113. The molecule has 0 fully saturated rings. The second kappa shape index (κ2) is 9.25. The molecule has 26 heavy (non-hydrogen) atoms. The number of hydrogen-bond acceptors (Lipinski definition) is 3. The molecule has 6 heteroatoms. The van der Waals surface area contributed by atoms with E-state index in [0.29, 0.717) is 34.5 Å². The van der Waals surface area contributed by atoms with Crippen molar-refractivity contribution in [2.24, 2.45) is 0 Å². The van der Waals surface area contributed by atoms with Crippen LogP contribution in [0.1, 0.15) is 38.7 Å². The van der Waals surface area contributed by atoms with Gasteiger partial charge in [0, 0.05) is 12.1 Å². The van der Waals surface area contributed by atoms with Crippen LogP contribution in [0.3, 0.4) is 0 Å². The minimum Gasteiger partial charge on any atom is -0.484 e. The fourth-order valence-corrected chi connectivity index (χ4v) is 2.40. The minimum atomic E-state index is -0.334. The van der Waals surface area contributed by atoms with Crippen LogP contribution in [0.2, 0.25) is 5.02 Å². The smallest absolute Gasteiger partial charge is 0.262 e.